The van der Waals surface area contributed by atoms with Crippen LogP contribution >= 0.6 is 27.7 Å². The molecule has 0 radical (unpaired) electrons. The topological polar surface area (TPSA) is 59.9 Å². The Morgan fingerprint density at radius 1 is 1.03 bits per heavy atom. The van der Waals surface area contributed by atoms with E-state index in [1.165, 1.54) is 22.7 Å². The summed E-state index contributed by atoms with van der Waals surface area (Å²) in [5, 5.41) is 5.73. The van der Waals surface area contributed by atoms with Crippen LogP contribution < -0.4 is 14.8 Å². The molecular formula is C30H25BrN2O3S. The number of amides is 1. The van der Waals surface area contributed by atoms with E-state index in [4.69, 9.17) is 9.47 Å². The Kier molecular flexibility index (Phi) is 7.63. The maximum Gasteiger partial charge on any atom is 0.264 e. The number of amidine groups is 1. The first-order chi connectivity index (χ1) is 18.0. The molecule has 0 unspecified atom stereocenters. The minimum atomic E-state index is -0.180. The highest BCUT2D eigenvalue weighted by Gasteiger charge is 2.24. The van der Waals surface area contributed by atoms with Crippen LogP contribution in [0.2, 0.25) is 0 Å². The Morgan fingerprint density at radius 2 is 1.81 bits per heavy atom. The van der Waals surface area contributed by atoms with E-state index >= 15 is 0 Å². The maximum atomic E-state index is 12.6. The summed E-state index contributed by atoms with van der Waals surface area (Å²) in [6, 6.07) is 26.2. The molecule has 5 rings (SSSR count). The van der Waals surface area contributed by atoms with Crippen molar-refractivity contribution < 1.29 is 14.3 Å². The number of benzene rings is 4. The van der Waals surface area contributed by atoms with Crippen molar-refractivity contribution in [3.8, 4) is 11.5 Å². The molecule has 0 saturated carbocycles. The van der Waals surface area contributed by atoms with Crippen molar-refractivity contribution in [1.82, 2.24) is 5.32 Å². The number of methoxy groups -OCH3 is 1. The molecule has 1 saturated heterocycles. The van der Waals surface area contributed by atoms with E-state index in [2.05, 4.69) is 57.4 Å². The number of hydrogen-bond donors (Lipinski definition) is 1. The number of aryl methyl sites for hydroxylation is 1. The van der Waals surface area contributed by atoms with E-state index in [1.807, 2.05) is 60.7 Å². The molecule has 186 valence electrons. The summed E-state index contributed by atoms with van der Waals surface area (Å²) in [6.45, 7) is 2.51. The van der Waals surface area contributed by atoms with E-state index in [1.54, 1.807) is 7.11 Å². The predicted molar refractivity (Wildman–Crippen MR) is 156 cm³/mol. The van der Waals surface area contributed by atoms with Crippen molar-refractivity contribution in [2.45, 2.75) is 20.0 Å². The minimum absolute atomic E-state index is 0.180. The lowest BCUT2D eigenvalue weighted by molar-refractivity contribution is -0.115. The molecule has 1 aliphatic heterocycles. The lowest BCUT2D eigenvalue weighted by Gasteiger charge is -2.15. The van der Waals surface area contributed by atoms with Gasteiger partial charge in [-0.2, -0.15) is 0 Å². The Hall–Kier alpha value is -3.55. The van der Waals surface area contributed by atoms with Crippen LogP contribution in [0.1, 0.15) is 23.6 Å². The van der Waals surface area contributed by atoms with Crippen LogP contribution in [0.4, 0.5) is 5.69 Å². The van der Waals surface area contributed by atoms with Gasteiger partial charge in [0.15, 0.2) is 16.7 Å². The van der Waals surface area contributed by atoms with Gasteiger partial charge in [-0.1, -0.05) is 61.5 Å². The van der Waals surface area contributed by atoms with Crippen molar-refractivity contribution in [2.24, 2.45) is 4.99 Å². The van der Waals surface area contributed by atoms with Crippen molar-refractivity contribution in [3.05, 3.63) is 105 Å². The van der Waals surface area contributed by atoms with Gasteiger partial charge in [0.05, 0.1) is 22.2 Å². The number of carbonyl (C=O) groups excluding carboxylic acids is 1. The molecule has 0 bridgehead atoms. The molecule has 4 aromatic rings. The number of halogens is 1. The third-order valence-electron chi connectivity index (χ3n) is 6.03. The molecule has 1 aliphatic rings. The SMILES string of the molecule is CCc1ccc(N=C2NC(=O)/C(=C\c3cc(Br)c(OCc4cccc5ccccc45)c(OC)c3)S2)cc1. The summed E-state index contributed by atoms with van der Waals surface area (Å²) in [4.78, 5) is 17.7. The summed E-state index contributed by atoms with van der Waals surface area (Å²) in [7, 11) is 1.61. The lowest BCUT2D eigenvalue weighted by atomic mass is 10.1. The van der Waals surface area contributed by atoms with Crippen molar-refractivity contribution >= 4 is 61.3 Å². The molecule has 5 nitrogen and oxygen atoms in total. The normalized spacial score (nSPS) is 15.4. The molecule has 37 heavy (non-hydrogen) atoms. The first kappa shape index (κ1) is 25.1. The molecule has 0 atom stereocenters. The summed E-state index contributed by atoms with van der Waals surface area (Å²) >= 11 is 4.94. The second-order valence-corrected chi connectivity index (χ2v) is 10.3. The number of hydrogen-bond acceptors (Lipinski definition) is 5. The Labute approximate surface area is 228 Å². The average molecular weight is 574 g/mol. The summed E-state index contributed by atoms with van der Waals surface area (Å²) in [6.07, 6.45) is 2.80. The second-order valence-electron chi connectivity index (χ2n) is 8.46. The van der Waals surface area contributed by atoms with E-state index in [0.29, 0.717) is 28.2 Å². The summed E-state index contributed by atoms with van der Waals surface area (Å²) in [5.74, 6) is 1.01. The van der Waals surface area contributed by atoms with Gasteiger partial charge in [0.1, 0.15) is 6.61 Å². The van der Waals surface area contributed by atoms with Gasteiger partial charge in [-0.15, -0.1) is 0 Å². The highest BCUT2D eigenvalue weighted by Crippen LogP contribution is 2.39. The van der Waals surface area contributed by atoms with Crippen molar-refractivity contribution in [2.75, 3.05) is 7.11 Å². The van der Waals surface area contributed by atoms with E-state index in [-0.39, 0.29) is 5.91 Å². The quantitative estimate of drug-likeness (QED) is 0.231. The van der Waals surface area contributed by atoms with Crippen LogP contribution in [0.3, 0.4) is 0 Å². The molecule has 1 amide bonds. The van der Waals surface area contributed by atoms with Crippen LogP contribution in [-0.4, -0.2) is 18.2 Å². The largest absolute Gasteiger partial charge is 0.493 e. The standard InChI is InChI=1S/C30H25BrN2O3S/c1-3-19-11-13-23(14-12-19)32-30-33-29(34)27(37-30)17-20-15-25(31)28(26(16-20)35-2)36-18-22-9-6-8-21-7-4-5-10-24(21)22/h4-17H,3,18H2,1-2H3,(H,32,33,34)/b27-17+. The molecule has 7 heteroatoms. The molecule has 1 heterocycles. The fourth-order valence-corrected chi connectivity index (χ4v) is 5.50. The van der Waals surface area contributed by atoms with Crippen LogP contribution in [0, 0.1) is 0 Å². The van der Waals surface area contributed by atoms with E-state index < -0.39 is 0 Å². The first-order valence-electron chi connectivity index (χ1n) is 11.9. The molecular weight excluding hydrogens is 548 g/mol. The van der Waals surface area contributed by atoms with Crippen molar-refractivity contribution in [1.29, 1.82) is 0 Å². The molecule has 0 spiro atoms. The van der Waals surface area contributed by atoms with E-state index in [9.17, 15) is 4.79 Å². The van der Waals surface area contributed by atoms with E-state index in [0.717, 1.165) is 33.1 Å². The number of ether oxygens (including phenoxy) is 2. The molecule has 1 fully saturated rings. The monoisotopic (exact) mass is 572 g/mol. The number of nitrogens with zero attached hydrogens (tertiary/aromatic N) is 1. The van der Waals surface area contributed by atoms with Gasteiger partial charge < -0.3 is 14.8 Å². The number of rotatable bonds is 7. The highest BCUT2D eigenvalue weighted by atomic mass is 79.9. The third-order valence-corrected chi connectivity index (χ3v) is 7.53. The molecule has 1 N–H and O–H groups in total. The first-order valence-corrected chi connectivity index (χ1v) is 13.5. The van der Waals surface area contributed by atoms with Crippen LogP contribution in [0.25, 0.3) is 16.8 Å². The number of thioether (sulfide) groups is 1. The summed E-state index contributed by atoms with van der Waals surface area (Å²) in [5.41, 5.74) is 3.95. The molecule has 0 aromatic heterocycles. The smallest absolute Gasteiger partial charge is 0.264 e. The van der Waals surface area contributed by atoms with Crippen LogP contribution in [-0.2, 0) is 17.8 Å². The predicted octanol–water partition coefficient (Wildman–Crippen LogP) is 7.64. The molecule has 4 aromatic carbocycles. The Balaban J connectivity index is 1.35. The fraction of sp³-hybridized carbons (Fsp3) is 0.133. The van der Waals surface area contributed by atoms with Crippen molar-refractivity contribution in [3.63, 3.8) is 0 Å². The zero-order valence-electron chi connectivity index (χ0n) is 20.5. The number of carbonyl (C=O) groups is 1. The third kappa shape index (κ3) is 5.73. The number of aliphatic imine (C=N–C) groups is 1. The Morgan fingerprint density at radius 3 is 2.59 bits per heavy atom. The van der Waals surface area contributed by atoms with Crippen LogP contribution in [0.15, 0.2) is 93.2 Å². The van der Waals surface area contributed by atoms with Gasteiger partial charge in [-0.05, 0) is 91.9 Å². The second kappa shape index (κ2) is 11.2. The zero-order valence-corrected chi connectivity index (χ0v) is 22.9. The van der Waals surface area contributed by atoms with Gasteiger partial charge in [-0.25, -0.2) is 4.99 Å². The lowest BCUT2D eigenvalue weighted by Crippen LogP contribution is -2.19. The zero-order chi connectivity index (χ0) is 25.8. The van der Waals surface area contributed by atoms with Gasteiger partial charge in [0.25, 0.3) is 5.91 Å². The average Bonchev–Trinajstić information content (AvgIpc) is 3.26. The molecule has 0 aliphatic carbocycles. The van der Waals surface area contributed by atoms with Gasteiger partial charge in [0.2, 0.25) is 0 Å². The van der Waals surface area contributed by atoms with Crippen LogP contribution in [0.5, 0.6) is 11.5 Å². The summed E-state index contributed by atoms with van der Waals surface area (Å²) < 4.78 is 12.6. The van der Waals surface area contributed by atoms with Gasteiger partial charge in [0, 0.05) is 0 Å². The van der Waals surface area contributed by atoms with Gasteiger partial charge in [-0.3, -0.25) is 4.79 Å². The number of nitrogens with one attached hydrogen (secondary N) is 1. The maximum absolute atomic E-state index is 12.6. The fourth-order valence-electron chi connectivity index (χ4n) is 4.09. The number of fused-ring (bicyclic) bond motifs is 1. The van der Waals surface area contributed by atoms with Gasteiger partial charge >= 0.3 is 0 Å². The Bertz CT molecular complexity index is 1520. The highest BCUT2D eigenvalue weighted by molar-refractivity contribution is 9.10. The minimum Gasteiger partial charge on any atom is -0.493 e.